The van der Waals surface area contributed by atoms with Gasteiger partial charge in [0.2, 0.25) is 0 Å². The second kappa shape index (κ2) is 15.3. The molecule has 0 aliphatic carbocycles. The topological polar surface area (TPSA) is 40.5 Å². The van der Waals surface area contributed by atoms with Gasteiger partial charge in [-0.05, 0) is 26.2 Å². The third kappa shape index (κ3) is 16.0. The lowest BCUT2D eigenvalue weighted by atomic mass is 10.0. The van der Waals surface area contributed by atoms with Crippen molar-refractivity contribution in [1.29, 1.82) is 0 Å². The molecule has 0 aliphatic rings. The smallest absolute Gasteiger partial charge is 0.0540 e. The summed E-state index contributed by atoms with van der Waals surface area (Å²) in [6.07, 6.45) is 16.9. The van der Waals surface area contributed by atoms with Gasteiger partial charge >= 0.3 is 0 Å². The fraction of sp³-hybridized carbons (Fsp3) is 1.00. The summed E-state index contributed by atoms with van der Waals surface area (Å²) < 4.78 is 0. The van der Waals surface area contributed by atoms with E-state index in [9.17, 15) is 5.11 Å². The monoisotopic (exact) mass is 286 g/mol. The highest BCUT2D eigenvalue weighted by Gasteiger charge is 2.01. The maximum Gasteiger partial charge on any atom is 0.0540 e. The SMILES string of the molecule is CCCC(O)CCCCCCCCCCCCC(C)O. The third-order valence-corrected chi connectivity index (χ3v) is 4.03. The van der Waals surface area contributed by atoms with E-state index in [4.69, 9.17) is 5.11 Å². The van der Waals surface area contributed by atoms with Gasteiger partial charge in [-0.2, -0.15) is 0 Å². The molecule has 0 heterocycles. The summed E-state index contributed by atoms with van der Waals surface area (Å²) in [5, 5.41) is 18.8. The van der Waals surface area contributed by atoms with Gasteiger partial charge < -0.3 is 10.2 Å². The minimum atomic E-state index is -0.120. The lowest BCUT2D eigenvalue weighted by molar-refractivity contribution is 0.150. The highest BCUT2D eigenvalue weighted by molar-refractivity contribution is 4.55. The summed E-state index contributed by atoms with van der Waals surface area (Å²) in [6.45, 7) is 4.01. The van der Waals surface area contributed by atoms with E-state index in [0.29, 0.717) is 0 Å². The second-order valence-electron chi connectivity index (χ2n) is 6.40. The van der Waals surface area contributed by atoms with Crippen LogP contribution in [0.1, 0.15) is 104 Å². The zero-order valence-corrected chi connectivity index (χ0v) is 13.9. The van der Waals surface area contributed by atoms with Crippen LogP contribution in [-0.4, -0.2) is 22.4 Å². The Balaban J connectivity index is 3.03. The van der Waals surface area contributed by atoms with E-state index in [1.807, 2.05) is 6.92 Å². The van der Waals surface area contributed by atoms with Gasteiger partial charge in [-0.25, -0.2) is 0 Å². The maximum atomic E-state index is 9.61. The van der Waals surface area contributed by atoms with Crippen molar-refractivity contribution in [3.05, 3.63) is 0 Å². The van der Waals surface area contributed by atoms with Crippen molar-refractivity contribution in [3.8, 4) is 0 Å². The van der Waals surface area contributed by atoms with E-state index in [1.165, 1.54) is 64.2 Å². The van der Waals surface area contributed by atoms with Gasteiger partial charge in [0.05, 0.1) is 12.2 Å². The first kappa shape index (κ1) is 19.9. The molecule has 2 heteroatoms. The van der Waals surface area contributed by atoms with Gasteiger partial charge in [0.1, 0.15) is 0 Å². The Morgan fingerprint density at radius 2 is 1.00 bits per heavy atom. The van der Waals surface area contributed by atoms with Crippen LogP contribution >= 0.6 is 0 Å². The summed E-state index contributed by atoms with van der Waals surface area (Å²) in [5.74, 6) is 0. The van der Waals surface area contributed by atoms with Gasteiger partial charge in [-0.15, -0.1) is 0 Å². The van der Waals surface area contributed by atoms with Gasteiger partial charge in [0.25, 0.3) is 0 Å². The quantitative estimate of drug-likeness (QED) is 0.406. The van der Waals surface area contributed by atoms with Crippen LogP contribution in [0.4, 0.5) is 0 Å². The first-order valence-corrected chi connectivity index (χ1v) is 9.03. The molecule has 0 aliphatic heterocycles. The molecule has 2 N–H and O–H groups in total. The van der Waals surface area contributed by atoms with Crippen LogP contribution in [-0.2, 0) is 0 Å². The van der Waals surface area contributed by atoms with Crippen LogP contribution in [0.2, 0.25) is 0 Å². The second-order valence-corrected chi connectivity index (χ2v) is 6.40. The average Bonchev–Trinajstić information content (AvgIpc) is 2.40. The number of aliphatic hydroxyl groups is 2. The van der Waals surface area contributed by atoms with Crippen molar-refractivity contribution < 1.29 is 10.2 Å². The zero-order valence-electron chi connectivity index (χ0n) is 13.9. The predicted octanol–water partition coefficient (Wildman–Crippen LogP) is 5.21. The minimum absolute atomic E-state index is 0.0540. The molecule has 122 valence electrons. The molecule has 2 nitrogen and oxygen atoms in total. The Hall–Kier alpha value is -0.0800. The Morgan fingerprint density at radius 1 is 0.600 bits per heavy atom. The Kier molecular flexibility index (Phi) is 15.3. The molecule has 0 saturated heterocycles. The third-order valence-electron chi connectivity index (χ3n) is 4.03. The fourth-order valence-electron chi connectivity index (χ4n) is 2.71. The van der Waals surface area contributed by atoms with E-state index in [2.05, 4.69) is 6.92 Å². The molecular weight excluding hydrogens is 248 g/mol. The van der Waals surface area contributed by atoms with Gasteiger partial charge in [-0.1, -0.05) is 77.6 Å². The van der Waals surface area contributed by atoms with Gasteiger partial charge in [-0.3, -0.25) is 0 Å². The highest BCUT2D eigenvalue weighted by Crippen LogP contribution is 2.13. The standard InChI is InChI=1S/C18H38O2/c1-3-14-18(20)16-13-11-9-7-5-4-6-8-10-12-15-17(2)19/h17-20H,3-16H2,1-2H3. The van der Waals surface area contributed by atoms with Gasteiger partial charge in [0.15, 0.2) is 0 Å². The highest BCUT2D eigenvalue weighted by atomic mass is 16.3. The largest absolute Gasteiger partial charge is 0.393 e. The van der Waals surface area contributed by atoms with E-state index in [1.54, 1.807) is 0 Å². The molecule has 2 atom stereocenters. The minimum Gasteiger partial charge on any atom is -0.393 e. The number of hydrogen-bond acceptors (Lipinski definition) is 2. The van der Waals surface area contributed by atoms with Crippen molar-refractivity contribution in [2.75, 3.05) is 0 Å². The molecule has 0 spiro atoms. The molecule has 0 bridgehead atoms. The number of unbranched alkanes of at least 4 members (excludes halogenated alkanes) is 9. The van der Waals surface area contributed by atoms with Crippen LogP contribution in [0.25, 0.3) is 0 Å². The van der Waals surface area contributed by atoms with Crippen molar-refractivity contribution in [2.45, 2.75) is 116 Å². The number of hydrogen-bond donors (Lipinski definition) is 2. The van der Waals surface area contributed by atoms with Crippen molar-refractivity contribution in [2.24, 2.45) is 0 Å². The molecule has 0 saturated carbocycles. The Morgan fingerprint density at radius 3 is 1.40 bits per heavy atom. The van der Waals surface area contributed by atoms with E-state index < -0.39 is 0 Å². The lowest BCUT2D eigenvalue weighted by Crippen LogP contribution is -2.04. The molecule has 0 radical (unpaired) electrons. The van der Waals surface area contributed by atoms with Crippen LogP contribution in [0.15, 0.2) is 0 Å². The van der Waals surface area contributed by atoms with Crippen molar-refractivity contribution >= 4 is 0 Å². The first-order valence-electron chi connectivity index (χ1n) is 9.03. The molecule has 2 unspecified atom stereocenters. The normalized spacial score (nSPS) is 14.4. The van der Waals surface area contributed by atoms with Crippen LogP contribution in [0.3, 0.4) is 0 Å². The molecule has 20 heavy (non-hydrogen) atoms. The number of aliphatic hydroxyl groups excluding tert-OH is 2. The van der Waals surface area contributed by atoms with Gasteiger partial charge in [0, 0.05) is 0 Å². The predicted molar refractivity (Wildman–Crippen MR) is 88.0 cm³/mol. The molecule has 0 aromatic heterocycles. The first-order chi connectivity index (χ1) is 9.66. The van der Waals surface area contributed by atoms with E-state index >= 15 is 0 Å². The lowest BCUT2D eigenvalue weighted by Gasteiger charge is -2.08. The summed E-state index contributed by atoms with van der Waals surface area (Å²) in [4.78, 5) is 0. The fourth-order valence-corrected chi connectivity index (χ4v) is 2.71. The summed E-state index contributed by atoms with van der Waals surface area (Å²) in [5.41, 5.74) is 0. The van der Waals surface area contributed by atoms with Crippen molar-refractivity contribution in [3.63, 3.8) is 0 Å². The molecule has 0 aromatic carbocycles. The zero-order chi connectivity index (χ0) is 15.1. The van der Waals surface area contributed by atoms with Crippen LogP contribution in [0.5, 0.6) is 0 Å². The van der Waals surface area contributed by atoms with Crippen LogP contribution in [0, 0.1) is 0 Å². The summed E-state index contributed by atoms with van der Waals surface area (Å²) in [7, 11) is 0. The molecule has 0 rings (SSSR count). The maximum absolute atomic E-state index is 9.61. The molecule has 0 aromatic rings. The molecule has 0 amide bonds. The van der Waals surface area contributed by atoms with E-state index in [0.717, 1.165) is 25.7 Å². The van der Waals surface area contributed by atoms with Crippen molar-refractivity contribution in [1.82, 2.24) is 0 Å². The number of rotatable bonds is 15. The molecular formula is C18H38O2. The average molecular weight is 286 g/mol. The Labute approximate surface area is 127 Å². The molecule has 0 fully saturated rings. The van der Waals surface area contributed by atoms with Crippen LogP contribution < -0.4 is 0 Å². The Bertz CT molecular complexity index is 180. The van der Waals surface area contributed by atoms with E-state index in [-0.39, 0.29) is 12.2 Å². The summed E-state index contributed by atoms with van der Waals surface area (Å²) >= 11 is 0. The summed E-state index contributed by atoms with van der Waals surface area (Å²) in [6, 6.07) is 0.